The van der Waals surface area contributed by atoms with E-state index >= 15 is 0 Å². The Morgan fingerprint density at radius 3 is 2.71 bits per heavy atom. The predicted octanol–water partition coefficient (Wildman–Crippen LogP) is 2.68. The number of hydrogen-bond acceptors (Lipinski definition) is 7. The van der Waals surface area contributed by atoms with Crippen LogP contribution in [0.4, 0.5) is 17.6 Å². The van der Waals surface area contributed by atoms with Gasteiger partial charge in [-0.3, -0.25) is 15.0 Å². The van der Waals surface area contributed by atoms with Crippen LogP contribution in [-0.4, -0.2) is 68.2 Å². The molecule has 0 amide bonds. The Morgan fingerprint density at radius 1 is 1.34 bits per heavy atom. The van der Waals surface area contributed by atoms with Crippen molar-refractivity contribution in [2.45, 2.75) is 45.1 Å². The number of nitrogens with zero attached hydrogens (tertiary/aromatic N) is 7. The molecular weight excluding hydrogens is 468 g/mol. The maximum absolute atomic E-state index is 13.4. The van der Waals surface area contributed by atoms with Crippen molar-refractivity contribution in [1.82, 2.24) is 35.1 Å². The molecule has 3 rings (SSSR count). The van der Waals surface area contributed by atoms with E-state index in [4.69, 9.17) is 5.73 Å². The highest BCUT2D eigenvalue weighted by Crippen LogP contribution is 2.30. The van der Waals surface area contributed by atoms with Crippen LogP contribution in [0.3, 0.4) is 0 Å². The van der Waals surface area contributed by atoms with E-state index in [0.717, 1.165) is 32.4 Å². The van der Waals surface area contributed by atoms with Gasteiger partial charge in [-0.05, 0) is 32.9 Å². The molecule has 10 nitrogen and oxygen atoms in total. The number of imidazole rings is 1. The second-order valence-corrected chi connectivity index (χ2v) is 7.86. The lowest BCUT2D eigenvalue weighted by Crippen LogP contribution is -2.41. The summed E-state index contributed by atoms with van der Waals surface area (Å²) in [7, 11) is 0. The summed E-state index contributed by atoms with van der Waals surface area (Å²) in [4.78, 5) is 14.7. The SMILES string of the molecule is C=Nn1c(C(F)(F)F)cnc1C(=NCc1nc(C(/C=C\C(C)F)=C/N)n[nH]1)NCN1CCCCC1. The van der Waals surface area contributed by atoms with Crippen LogP contribution in [-0.2, 0) is 12.7 Å². The molecule has 0 spiro atoms. The summed E-state index contributed by atoms with van der Waals surface area (Å²) in [5.74, 6) is 0.508. The third-order valence-electron chi connectivity index (χ3n) is 5.20. The average Bonchev–Trinajstić information content (AvgIpc) is 3.47. The second kappa shape index (κ2) is 11.7. The van der Waals surface area contributed by atoms with Gasteiger partial charge in [-0.2, -0.15) is 23.4 Å². The Hall–Kier alpha value is -3.55. The third kappa shape index (κ3) is 6.97. The fourth-order valence-corrected chi connectivity index (χ4v) is 3.44. The minimum atomic E-state index is -4.67. The molecule has 190 valence electrons. The molecule has 1 atom stereocenters. The molecular formula is C21H28F4N10. The second-order valence-electron chi connectivity index (χ2n) is 7.86. The van der Waals surface area contributed by atoms with E-state index < -0.39 is 18.0 Å². The molecule has 0 radical (unpaired) electrons. The molecule has 1 unspecified atom stereocenters. The van der Waals surface area contributed by atoms with E-state index in [9.17, 15) is 17.6 Å². The van der Waals surface area contributed by atoms with Gasteiger partial charge >= 0.3 is 6.18 Å². The van der Waals surface area contributed by atoms with Crippen LogP contribution >= 0.6 is 0 Å². The van der Waals surface area contributed by atoms with Crippen LogP contribution in [0, 0.1) is 0 Å². The number of alkyl halides is 4. The Kier molecular flexibility index (Phi) is 8.73. The van der Waals surface area contributed by atoms with Gasteiger partial charge in [0.1, 0.15) is 18.5 Å². The first-order chi connectivity index (χ1) is 16.7. The first-order valence-corrected chi connectivity index (χ1v) is 11.0. The van der Waals surface area contributed by atoms with Gasteiger partial charge in [0.15, 0.2) is 23.2 Å². The number of hydrogen-bond donors (Lipinski definition) is 3. The minimum Gasteiger partial charge on any atom is -0.404 e. The third-order valence-corrected chi connectivity index (χ3v) is 5.20. The van der Waals surface area contributed by atoms with Crippen molar-refractivity contribution in [3.63, 3.8) is 0 Å². The van der Waals surface area contributed by atoms with Crippen molar-refractivity contribution in [2.75, 3.05) is 19.8 Å². The van der Waals surface area contributed by atoms with Crippen LogP contribution in [0.2, 0.25) is 0 Å². The van der Waals surface area contributed by atoms with E-state index in [1.807, 2.05) is 0 Å². The number of allylic oxidation sites excluding steroid dienone is 3. The molecule has 0 bridgehead atoms. The fraction of sp³-hybridized carbons (Fsp3) is 0.476. The zero-order chi connectivity index (χ0) is 25.4. The van der Waals surface area contributed by atoms with Gasteiger partial charge in [0, 0.05) is 18.5 Å². The Bertz CT molecular complexity index is 1070. The van der Waals surface area contributed by atoms with E-state index in [-0.39, 0.29) is 24.0 Å². The summed E-state index contributed by atoms with van der Waals surface area (Å²) < 4.78 is 53.9. The molecule has 0 aromatic carbocycles. The van der Waals surface area contributed by atoms with Gasteiger partial charge in [0.2, 0.25) is 0 Å². The zero-order valence-electron chi connectivity index (χ0n) is 19.3. The molecule has 1 saturated heterocycles. The van der Waals surface area contributed by atoms with E-state index in [2.05, 4.69) is 47.2 Å². The summed E-state index contributed by atoms with van der Waals surface area (Å²) >= 11 is 0. The molecule has 0 aliphatic carbocycles. The highest BCUT2D eigenvalue weighted by atomic mass is 19.4. The smallest absolute Gasteiger partial charge is 0.404 e. The number of H-pyrrole nitrogens is 1. The molecule has 35 heavy (non-hydrogen) atoms. The Labute approximate surface area is 199 Å². The maximum Gasteiger partial charge on any atom is 0.435 e. The zero-order valence-corrected chi connectivity index (χ0v) is 19.3. The number of aromatic amines is 1. The first kappa shape index (κ1) is 26.1. The Balaban J connectivity index is 1.86. The van der Waals surface area contributed by atoms with Crippen molar-refractivity contribution in [3.8, 4) is 0 Å². The van der Waals surface area contributed by atoms with Gasteiger partial charge in [-0.25, -0.2) is 19.0 Å². The van der Waals surface area contributed by atoms with Crippen LogP contribution in [0.15, 0.2) is 34.6 Å². The summed E-state index contributed by atoms with van der Waals surface area (Å²) in [5.41, 5.74) is 4.92. The highest BCUT2D eigenvalue weighted by molar-refractivity contribution is 5.95. The molecule has 1 aliphatic heterocycles. The van der Waals surface area contributed by atoms with Crippen LogP contribution < -0.4 is 11.1 Å². The molecule has 2 aromatic rings. The van der Waals surface area contributed by atoms with Crippen molar-refractivity contribution in [1.29, 1.82) is 0 Å². The quantitative estimate of drug-likeness (QED) is 0.212. The van der Waals surface area contributed by atoms with Crippen molar-refractivity contribution >= 4 is 18.1 Å². The number of nitrogens with two attached hydrogens (primary N) is 1. The molecule has 1 aliphatic rings. The van der Waals surface area contributed by atoms with E-state index in [1.54, 1.807) is 0 Å². The molecule has 14 heteroatoms. The lowest BCUT2D eigenvalue weighted by atomic mass is 10.1. The molecule has 0 saturated carbocycles. The number of halogens is 4. The van der Waals surface area contributed by atoms with Crippen molar-refractivity contribution < 1.29 is 17.6 Å². The average molecular weight is 497 g/mol. The van der Waals surface area contributed by atoms with Gasteiger partial charge in [-0.15, -0.1) is 0 Å². The van der Waals surface area contributed by atoms with Gasteiger partial charge < -0.3 is 11.1 Å². The monoisotopic (exact) mass is 496 g/mol. The molecule has 4 N–H and O–H groups in total. The van der Waals surface area contributed by atoms with Gasteiger partial charge in [0.05, 0.1) is 12.9 Å². The van der Waals surface area contributed by atoms with Gasteiger partial charge in [0.25, 0.3) is 0 Å². The fourth-order valence-electron chi connectivity index (χ4n) is 3.44. The number of aliphatic imine (C=N–C) groups is 1. The van der Waals surface area contributed by atoms with Crippen LogP contribution in [0.25, 0.3) is 5.57 Å². The summed E-state index contributed by atoms with van der Waals surface area (Å²) in [6, 6.07) is 0. The number of amidine groups is 1. The molecule has 3 heterocycles. The largest absolute Gasteiger partial charge is 0.435 e. The highest BCUT2D eigenvalue weighted by Gasteiger charge is 2.37. The van der Waals surface area contributed by atoms with Crippen LogP contribution in [0.1, 0.15) is 49.4 Å². The summed E-state index contributed by atoms with van der Waals surface area (Å²) in [6.07, 6.45) is 2.07. The normalized spacial score (nSPS) is 17.2. The minimum absolute atomic E-state index is 0.0538. The van der Waals surface area contributed by atoms with E-state index in [0.29, 0.717) is 28.9 Å². The standard InChI is InChI=1S/C21H28F4N10/c1-14(22)6-7-15(10-26)18-31-17(32-33-18)12-28-19(30-13-34-8-4-3-5-9-34)20-29-11-16(21(23,24)25)35(20)27-2/h6-7,10-11,14H,2-5,8-9,12-13,26H2,1H3,(H,28,30)(H,31,32,33)/b7-6-,15-10+. The Morgan fingerprint density at radius 2 is 2.09 bits per heavy atom. The number of rotatable bonds is 9. The first-order valence-electron chi connectivity index (χ1n) is 11.0. The molecule has 2 aromatic heterocycles. The number of aromatic nitrogens is 5. The number of likely N-dealkylation sites (tertiary alicyclic amines) is 1. The lowest BCUT2D eigenvalue weighted by molar-refractivity contribution is -0.143. The molecule has 1 fully saturated rings. The van der Waals surface area contributed by atoms with Crippen LogP contribution in [0.5, 0.6) is 0 Å². The van der Waals surface area contributed by atoms with Crippen molar-refractivity contribution in [3.05, 3.63) is 47.7 Å². The predicted molar refractivity (Wildman–Crippen MR) is 124 cm³/mol. The number of nitrogens with one attached hydrogen (secondary N) is 2. The number of piperidine rings is 1. The van der Waals surface area contributed by atoms with E-state index in [1.165, 1.54) is 25.3 Å². The maximum atomic E-state index is 13.4. The summed E-state index contributed by atoms with van der Waals surface area (Å²) in [6.45, 7) is 6.67. The van der Waals surface area contributed by atoms with Crippen molar-refractivity contribution in [2.24, 2.45) is 15.8 Å². The van der Waals surface area contributed by atoms with Gasteiger partial charge in [-0.1, -0.05) is 18.6 Å². The summed E-state index contributed by atoms with van der Waals surface area (Å²) in [5, 5.41) is 13.3. The lowest BCUT2D eigenvalue weighted by Gasteiger charge is -2.27. The topological polar surface area (TPSA) is 125 Å².